The second kappa shape index (κ2) is 10.2. The van der Waals surface area contributed by atoms with Crippen molar-refractivity contribution in [2.75, 3.05) is 13.3 Å². The summed E-state index contributed by atoms with van der Waals surface area (Å²) >= 11 is 0. The van der Waals surface area contributed by atoms with Gasteiger partial charge in [0.25, 0.3) is 0 Å². The van der Waals surface area contributed by atoms with E-state index in [2.05, 4.69) is 72.8 Å². The Kier molecular flexibility index (Phi) is 6.95. The Morgan fingerprint density at radius 1 is 0.719 bits per heavy atom. The normalized spacial score (nSPS) is 11.5. The van der Waals surface area contributed by atoms with Crippen molar-refractivity contribution in [3.05, 3.63) is 120 Å². The molecule has 0 bridgehead atoms. The predicted octanol–water partition coefficient (Wildman–Crippen LogP) is 5.13. The molecule has 0 saturated carbocycles. The van der Waals surface area contributed by atoms with Crippen molar-refractivity contribution in [2.24, 2.45) is 0 Å². The van der Waals surface area contributed by atoms with E-state index in [0.717, 1.165) is 11.7 Å². The van der Waals surface area contributed by atoms with E-state index in [1.54, 1.807) is 0 Å². The molecule has 0 saturated heterocycles. The summed E-state index contributed by atoms with van der Waals surface area (Å²) in [4.78, 5) is 0. The van der Waals surface area contributed by atoms with Crippen LogP contribution in [0.15, 0.2) is 109 Å². The van der Waals surface area contributed by atoms with Crippen molar-refractivity contribution in [3.63, 3.8) is 0 Å². The topological polar surface area (TPSA) is 33.0 Å². The number of rotatable bonds is 8. The molecule has 0 N–H and O–H groups in total. The molecule has 4 heteroatoms. The Balaban J connectivity index is 1.92. The monoisotopic (exact) mass is 441 g/mol. The molecule has 0 unspecified atom stereocenters. The molecule has 2 nitrogen and oxygen atoms in total. The first-order valence-corrected chi connectivity index (χ1v) is 12.9. The van der Waals surface area contributed by atoms with Crippen LogP contribution < -0.4 is 20.7 Å². The average Bonchev–Trinajstić information content (AvgIpc) is 2.87. The molecule has 4 rings (SSSR count). The first kappa shape index (κ1) is 21.8. The molecule has 160 valence electrons. The molecule has 0 fully saturated rings. The fourth-order valence-corrected chi connectivity index (χ4v) is 9.00. The third-order valence-corrected chi connectivity index (χ3v) is 10.6. The fourth-order valence-electron chi connectivity index (χ4n) is 4.30. The second-order valence-electron chi connectivity index (χ2n) is 7.69. The van der Waals surface area contributed by atoms with Crippen LogP contribution in [0.25, 0.3) is 0 Å². The van der Waals surface area contributed by atoms with E-state index in [1.807, 2.05) is 42.5 Å². The zero-order chi connectivity index (χ0) is 22.2. The maximum absolute atomic E-state index is 12.6. The number of halogens is 1. The van der Waals surface area contributed by atoms with Gasteiger partial charge in [-0.1, -0.05) is 0 Å². The maximum atomic E-state index is 12.6. The zero-order valence-corrected chi connectivity index (χ0v) is 18.7. The Bertz CT molecular complexity index is 1150. The summed E-state index contributed by atoms with van der Waals surface area (Å²) in [6.45, 7) is -0.454. The number of hydrogen-bond donors (Lipinski definition) is 0. The first-order valence-electron chi connectivity index (χ1n) is 10.7. The second-order valence-corrected chi connectivity index (χ2v) is 11.6. The molecule has 0 atom stereocenters. The van der Waals surface area contributed by atoms with Gasteiger partial charge in [-0.3, -0.25) is 0 Å². The molecule has 0 spiro atoms. The van der Waals surface area contributed by atoms with Gasteiger partial charge in [-0.05, 0) is 0 Å². The van der Waals surface area contributed by atoms with Crippen molar-refractivity contribution >= 4 is 23.2 Å². The molecular weight excluding hydrogens is 416 g/mol. The summed E-state index contributed by atoms with van der Waals surface area (Å²) in [6.07, 6.45) is 0.821. The van der Waals surface area contributed by atoms with Crippen molar-refractivity contribution in [1.82, 2.24) is 0 Å². The van der Waals surface area contributed by atoms with Crippen LogP contribution in [0.1, 0.15) is 11.1 Å². The van der Waals surface area contributed by atoms with E-state index in [0.29, 0.717) is 11.3 Å². The summed E-state index contributed by atoms with van der Waals surface area (Å²) in [6, 6.07) is 39.5. The van der Waals surface area contributed by atoms with Crippen molar-refractivity contribution in [2.45, 2.75) is 6.16 Å². The molecule has 0 aliphatic carbocycles. The molecule has 0 aliphatic rings. The van der Waals surface area contributed by atoms with Crippen LogP contribution >= 0.6 is 7.26 Å². The van der Waals surface area contributed by atoms with Crippen molar-refractivity contribution in [1.29, 1.82) is 5.26 Å². The van der Waals surface area contributed by atoms with Gasteiger partial charge in [-0.2, -0.15) is 0 Å². The van der Waals surface area contributed by atoms with Crippen molar-refractivity contribution in [3.8, 4) is 11.8 Å². The van der Waals surface area contributed by atoms with Crippen LogP contribution in [-0.2, 0) is 6.16 Å². The summed E-state index contributed by atoms with van der Waals surface area (Å²) in [5.41, 5.74) is 1.81. The quantitative estimate of drug-likeness (QED) is 0.355. The first-order chi connectivity index (χ1) is 15.8. The number of nitrogens with zero attached hydrogens (tertiary/aromatic N) is 1. The number of nitriles is 1. The van der Waals surface area contributed by atoms with E-state index < -0.39 is 13.9 Å². The van der Waals surface area contributed by atoms with Crippen LogP contribution in [0.5, 0.6) is 5.75 Å². The number of hydrogen-bond acceptors (Lipinski definition) is 2. The van der Waals surface area contributed by atoms with Crippen LogP contribution in [0.4, 0.5) is 4.39 Å². The van der Waals surface area contributed by atoms with E-state index in [-0.39, 0.29) is 6.61 Å². The summed E-state index contributed by atoms with van der Waals surface area (Å²) in [5.74, 6) is 0.668. The minimum atomic E-state index is -2.49. The van der Waals surface area contributed by atoms with Gasteiger partial charge in [-0.15, -0.1) is 0 Å². The molecular formula is C28H25FNOP. The Hall–Kier alpha value is -3.47. The molecule has 4 aromatic rings. The molecule has 32 heavy (non-hydrogen) atoms. The van der Waals surface area contributed by atoms with Gasteiger partial charge in [-0.25, -0.2) is 0 Å². The Morgan fingerprint density at radius 2 is 1.31 bits per heavy atom. The van der Waals surface area contributed by atoms with Gasteiger partial charge >= 0.3 is 189 Å². The van der Waals surface area contributed by atoms with Crippen LogP contribution in [0.3, 0.4) is 0 Å². The fraction of sp³-hybridized carbons (Fsp3) is 0.107. The van der Waals surface area contributed by atoms with Gasteiger partial charge in [0, 0.05) is 0 Å². The third-order valence-electron chi connectivity index (χ3n) is 5.75. The molecule has 0 aliphatic heterocycles. The molecule has 4 aromatic carbocycles. The Morgan fingerprint density at radius 3 is 1.88 bits per heavy atom. The van der Waals surface area contributed by atoms with Gasteiger partial charge in [0.1, 0.15) is 0 Å². The molecule has 0 aromatic heterocycles. The molecule has 0 amide bonds. The number of benzene rings is 4. The van der Waals surface area contributed by atoms with Gasteiger partial charge < -0.3 is 0 Å². The summed E-state index contributed by atoms with van der Waals surface area (Å²) in [5, 5.41) is 13.3. The molecule has 0 radical (unpaired) electrons. The third kappa shape index (κ3) is 4.57. The van der Waals surface area contributed by atoms with Crippen LogP contribution in [-0.4, -0.2) is 13.3 Å². The summed E-state index contributed by atoms with van der Waals surface area (Å²) in [7, 11) is -2.49. The summed E-state index contributed by atoms with van der Waals surface area (Å²) < 4.78 is 18.0. The van der Waals surface area contributed by atoms with E-state index in [1.165, 1.54) is 15.9 Å². The zero-order valence-electron chi connectivity index (χ0n) is 17.7. The minimum absolute atomic E-state index is 0.0558. The van der Waals surface area contributed by atoms with E-state index >= 15 is 0 Å². The predicted molar refractivity (Wildman–Crippen MR) is 133 cm³/mol. The van der Waals surface area contributed by atoms with Crippen LogP contribution in [0.2, 0.25) is 0 Å². The van der Waals surface area contributed by atoms with Gasteiger partial charge in [0.15, 0.2) is 0 Å². The number of alkyl halides is 1. The number of ether oxygens (including phenoxy) is 1. The van der Waals surface area contributed by atoms with Crippen molar-refractivity contribution < 1.29 is 9.13 Å². The standard InChI is InChI=1S/C28H25FNOP/c29-18-19-31-25-14-16-28(17-15-25)32(26-10-3-1-4-11-26,27-12-5-2-6-13-27)22-24-9-7-8-23(20-24)21-30/h1-17,20,32H,18-19,22H2. The van der Waals surface area contributed by atoms with Crippen LogP contribution in [0, 0.1) is 11.3 Å². The van der Waals surface area contributed by atoms with Gasteiger partial charge in [0.05, 0.1) is 0 Å². The molecule has 0 heterocycles. The van der Waals surface area contributed by atoms with Gasteiger partial charge in [0.2, 0.25) is 0 Å². The Labute approximate surface area is 189 Å². The van der Waals surface area contributed by atoms with E-state index in [9.17, 15) is 9.65 Å². The van der Waals surface area contributed by atoms with E-state index in [4.69, 9.17) is 4.74 Å². The SMILES string of the molecule is N#Cc1cccc(C[PH](c2ccccc2)(c2ccccc2)c2ccc(OCCF)cc2)c1. The average molecular weight is 441 g/mol.